The van der Waals surface area contributed by atoms with E-state index in [1.807, 2.05) is 24.3 Å². The summed E-state index contributed by atoms with van der Waals surface area (Å²) in [5, 5.41) is 0. The summed E-state index contributed by atoms with van der Waals surface area (Å²) in [6, 6.07) is 7.60. The van der Waals surface area contributed by atoms with Gasteiger partial charge in [-0.3, -0.25) is 13.9 Å². The molecule has 170 valence electrons. The summed E-state index contributed by atoms with van der Waals surface area (Å²) in [7, 11) is -2.50. The average Bonchev–Trinajstić information content (AvgIpc) is 3.18. The Bertz CT molecular complexity index is 1380. The molecule has 0 fully saturated rings. The Morgan fingerprint density at radius 2 is 2.00 bits per heavy atom. The van der Waals surface area contributed by atoms with Crippen LogP contribution in [0.4, 0.5) is 0 Å². The van der Waals surface area contributed by atoms with Gasteiger partial charge in [-0.2, -0.15) is 8.42 Å². The molecular weight excluding hydrogens is 436 g/mol. The van der Waals surface area contributed by atoms with Gasteiger partial charge in [-0.25, -0.2) is 14.3 Å². The second-order valence-electron chi connectivity index (χ2n) is 7.26. The van der Waals surface area contributed by atoms with Crippen LogP contribution >= 0.6 is 0 Å². The fourth-order valence-electron chi connectivity index (χ4n) is 3.41. The van der Waals surface area contributed by atoms with Crippen LogP contribution in [0.3, 0.4) is 0 Å². The monoisotopic (exact) mass is 460 g/mol. The highest BCUT2D eigenvalue weighted by atomic mass is 32.2. The quantitative estimate of drug-likeness (QED) is 0.261. The van der Waals surface area contributed by atoms with Crippen LogP contribution in [0.1, 0.15) is 24.2 Å². The van der Waals surface area contributed by atoms with E-state index in [0.717, 1.165) is 15.9 Å². The van der Waals surface area contributed by atoms with Gasteiger partial charge in [0.1, 0.15) is 17.1 Å². The number of benzene rings is 1. The van der Waals surface area contributed by atoms with Crippen LogP contribution in [0.2, 0.25) is 0 Å². The van der Waals surface area contributed by atoms with E-state index in [1.54, 1.807) is 7.11 Å². The Labute approximate surface area is 184 Å². The molecule has 32 heavy (non-hydrogen) atoms. The molecule has 0 atom stereocenters. The molecule has 2 N–H and O–H groups in total. The number of fused-ring (bicyclic) bond motifs is 1. The Hall–Kier alpha value is -3.36. The largest absolute Gasteiger partial charge is 0.497 e. The van der Waals surface area contributed by atoms with Crippen LogP contribution in [-0.4, -0.2) is 44.9 Å². The molecule has 0 aliphatic heterocycles. The molecule has 3 rings (SSSR count). The maximum atomic E-state index is 12.8. The summed E-state index contributed by atoms with van der Waals surface area (Å²) in [5.41, 5.74) is 0.212. The van der Waals surface area contributed by atoms with E-state index in [9.17, 15) is 18.0 Å². The molecule has 11 heteroatoms. The zero-order valence-electron chi connectivity index (χ0n) is 17.6. The molecule has 0 aliphatic rings. The molecule has 0 saturated carbocycles. The van der Waals surface area contributed by atoms with Crippen molar-refractivity contribution < 1.29 is 17.7 Å². The highest BCUT2D eigenvalue weighted by Gasteiger charge is 2.17. The Morgan fingerprint density at radius 3 is 2.69 bits per heavy atom. The minimum Gasteiger partial charge on any atom is -0.497 e. The molecule has 0 unspecified atom stereocenters. The number of rotatable bonds is 10. The molecule has 0 spiro atoms. The molecule has 2 heterocycles. The number of H-pyrrole nitrogens is 1. The van der Waals surface area contributed by atoms with Gasteiger partial charge in [0.2, 0.25) is 0 Å². The van der Waals surface area contributed by atoms with Crippen LogP contribution in [0.5, 0.6) is 5.75 Å². The number of aromatic amines is 1. The number of aromatic nitrogens is 4. The second kappa shape index (κ2) is 9.84. The first-order valence-corrected chi connectivity index (χ1v) is 11.6. The minimum absolute atomic E-state index is 0.121. The van der Waals surface area contributed by atoms with Gasteiger partial charge in [0.25, 0.3) is 15.7 Å². The van der Waals surface area contributed by atoms with E-state index in [-0.39, 0.29) is 37.1 Å². The first-order valence-electron chi connectivity index (χ1n) is 9.97. The topological polar surface area (TPSA) is 136 Å². The summed E-state index contributed by atoms with van der Waals surface area (Å²) in [4.78, 5) is 33.1. The zero-order chi connectivity index (χ0) is 23.3. The summed E-state index contributed by atoms with van der Waals surface area (Å²) in [5.74, 6) is 3.16. The standard InChI is InChI=1S/C21H24N4O6S/c1-3-11-25-20(26)18-19(24(21(25)27)12-4-5-13-32(28,29)30)23-17(22-18)10-9-15-7-6-8-16(14-15)31-2/h1,6-8,14H,4-5,9-13H2,2H3,(H,22,23)(H,28,29,30). The lowest BCUT2D eigenvalue weighted by molar-refractivity contribution is 0.414. The number of ether oxygens (including phenoxy) is 1. The molecule has 3 aromatic rings. The van der Waals surface area contributed by atoms with Gasteiger partial charge < -0.3 is 9.72 Å². The van der Waals surface area contributed by atoms with Crippen molar-refractivity contribution in [3.05, 3.63) is 56.5 Å². The maximum Gasteiger partial charge on any atom is 0.333 e. The predicted octanol–water partition coefficient (Wildman–Crippen LogP) is 0.981. The first-order chi connectivity index (χ1) is 15.2. The summed E-state index contributed by atoms with van der Waals surface area (Å²) in [6.07, 6.45) is 6.87. The van der Waals surface area contributed by atoms with E-state index in [2.05, 4.69) is 15.9 Å². The van der Waals surface area contributed by atoms with E-state index < -0.39 is 27.1 Å². The third-order valence-electron chi connectivity index (χ3n) is 4.98. The number of hydrogen-bond donors (Lipinski definition) is 2. The minimum atomic E-state index is -4.09. The Morgan fingerprint density at radius 1 is 1.22 bits per heavy atom. The van der Waals surface area contributed by atoms with Gasteiger partial charge in [0, 0.05) is 13.0 Å². The number of terminal acetylenes is 1. The first kappa shape index (κ1) is 23.3. The lowest BCUT2D eigenvalue weighted by atomic mass is 10.1. The van der Waals surface area contributed by atoms with Crippen LogP contribution in [-0.2, 0) is 36.0 Å². The zero-order valence-corrected chi connectivity index (χ0v) is 18.4. The molecule has 10 nitrogen and oxygen atoms in total. The van der Waals surface area contributed by atoms with Crippen molar-refractivity contribution in [2.45, 2.75) is 38.8 Å². The molecule has 0 saturated heterocycles. The van der Waals surface area contributed by atoms with Gasteiger partial charge in [0.15, 0.2) is 5.65 Å². The average molecular weight is 461 g/mol. The molecule has 0 bridgehead atoms. The van der Waals surface area contributed by atoms with E-state index >= 15 is 0 Å². The fraction of sp³-hybridized carbons (Fsp3) is 0.381. The maximum absolute atomic E-state index is 12.8. The smallest absolute Gasteiger partial charge is 0.333 e. The van der Waals surface area contributed by atoms with E-state index in [1.165, 1.54) is 4.57 Å². The Kier molecular flexibility index (Phi) is 7.17. The van der Waals surface area contributed by atoms with Gasteiger partial charge in [0.05, 0.1) is 19.4 Å². The molecule has 2 aromatic heterocycles. The summed E-state index contributed by atoms with van der Waals surface area (Å²) in [6.45, 7) is -0.0767. The van der Waals surface area contributed by atoms with Crippen LogP contribution < -0.4 is 16.0 Å². The van der Waals surface area contributed by atoms with Gasteiger partial charge in [-0.15, -0.1) is 6.42 Å². The second-order valence-corrected chi connectivity index (χ2v) is 8.83. The summed E-state index contributed by atoms with van der Waals surface area (Å²) >= 11 is 0. The number of nitrogens with zero attached hydrogens (tertiary/aromatic N) is 3. The number of nitrogens with one attached hydrogen (secondary N) is 1. The van der Waals surface area contributed by atoms with E-state index in [4.69, 9.17) is 15.7 Å². The lowest BCUT2D eigenvalue weighted by Gasteiger charge is -2.09. The fourth-order valence-corrected chi connectivity index (χ4v) is 3.98. The third kappa shape index (κ3) is 5.46. The molecular formula is C21H24N4O6S. The number of hydrogen-bond acceptors (Lipinski definition) is 6. The SMILES string of the molecule is C#CCn1c(=O)c2[nH]c(CCc3cccc(OC)c3)nc2n(CCCCS(=O)(=O)O)c1=O. The van der Waals surface area contributed by atoms with Crippen molar-refractivity contribution in [1.82, 2.24) is 19.1 Å². The number of imidazole rings is 1. The third-order valence-corrected chi connectivity index (χ3v) is 5.78. The summed E-state index contributed by atoms with van der Waals surface area (Å²) < 4.78 is 38.2. The molecule has 1 aromatic carbocycles. The predicted molar refractivity (Wildman–Crippen MR) is 119 cm³/mol. The van der Waals surface area contributed by atoms with E-state index in [0.29, 0.717) is 18.7 Å². The number of methoxy groups -OCH3 is 1. The van der Waals surface area contributed by atoms with Crippen molar-refractivity contribution in [2.75, 3.05) is 12.9 Å². The van der Waals surface area contributed by atoms with Gasteiger partial charge >= 0.3 is 5.69 Å². The van der Waals surface area contributed by atoms with Crippen molar-refractivity contribution >= 4 is 21.3 Å². The van der Waals surface area contributed by atoms with Crippen molar-refractivity contribution in [2.24, 2.45) is 0 Å². The van der Waals surface area contributed by atoms with Crippen molar-refractivity contribution in [1.29, 1.82) is 0 Å². The van der Waals surface area contributed by atoms with Crippen molar-refractivity contribution in [3.63, 3.8) is 0 Å². The van der Waals surface area contributed by atoms with Crippen LogP contribution in [0, 0.1) is 12.3 Å². The van der Waals surface area contributed by atoms with Crippen LogP contribution in [0.15, 0.2) is 33.9 Å². The number of unbranched alkanes of at least 4 members (excludes halogenated alkanes) is 1. The Balaban J connectivity index is 1.92. The normalized spacial score (nSPS) is 11.5. The van der Waals surface area contributed by atoms with Crippen molar-refractivity contribution in [3.8, 4) is 18.1 Å². The number of aryl methyl sites for hydroxylation is 3. The molecule has 0 aliphatic carbocycles. The highest BCUT2D eigenvalue weighted by molar-refractivity contribution is 7.85. The highest BCUT2D eigenvalue weighted by Crippen LogP contribution is 2.15. The van der Waals surface area contributed by atoms with Crippen LogP contribution in [0.25, 0.3) is 11.2 Å². The van der Waals surface area contributed by atoms with Gasteiger partial charge in [-0.05, 0) is 37.0 Å². The van der Waals surface area contributed by atoms with Gasteiger partial charge in [-0.1, -0.05) is 18.1 Å². The molecule has 0 radical (unpaired) electrons. The molecule has 0 amide bonds. The lowest BCUT2D eigenvalue weighted by Crippen LogP contribution is -2.40.